The standard InChI is InChI=1S/C14H19FN2O3S/c1-14(2,13(16)18)8-17-11-5-6-21(19,20)12-4-3-9(15)7-10(11)12/h3-4,7,11,17H,5-6,8H2,1-2H3,(H2,16,18). The van der Waals surface area contributed by atoms with Gasteiger partial charge in [-0.3, -0.25) is 4.79 Å². The highest BCUT2D eigenvalue weighted by Gasteiger charge is 2.32. The molecule has 1 aromatic carbocycles. The molecule has 1 aliphatic rings. The fraction of sp³-hybridized carbons (Fsp3) is 0.500. The molecule has 0 bridgehead atoms. The first-order valence-corrected chi connectivity index (χ1v) is 8.34. The molecular weight excluding hydrogens is 295 g/mol. The van der Waals surface area contributed by atoms with Crippen LogP contribution in [0.5, 0.6) is 0 Å². The third kappa shape index (κ3) is 3.24. The summed E-state index contributed by atoms with van der Waals surface area (Å²) in [4.78, 5) is 11.5. The Morgan fingerprint density at radius 3 is 2.76 bits per heavy atom. The van der Waals surface area contributed by atoms with E-state index in [0.717, 1.165) is 6.07 Å². The van der Waals surface area contributed by atoms with Gasteiger partial charge in [-0.05, 0) is 44.0 Å². The molecule has 0 aromatic heterocycles. The summed E-state index contributed by atoms with van der Waals surface area (Å²) in [6.07, 6.45) is 0.341. The number of nitrogens with two attached hydrogens (primary N) is 1. The van der Waals surface area contributed by atoms with Crippen molar-refractivity contribution in [2.24, 2.45) is 11.1 Å². The highest BCUT2D eigenvalue weighted by atomic mass is 32.2. The van der Waals surface area contributed by atoms with Gasteiger partial charge in [-0.15, -0.1) is 0 Å². The lowest BCUT2D eigenvalue weighted by molar-refractivity contribution is -0.125. The number of nitrogens with one attached hydrogen (secondary N) is 1. The number of primary amides is 1. The lowest BCUT2D eigenvalue weighted by atomic mass is 9.91. The zero-order valence-electron chi connectivity index (χ0n) is 12.0. The third-order valence-corrected chi connectivity index (χ3v) is 5.63. The smallest absolute Gasteiger partial charge is 0.224 e. The summed E-state index contributed by atoms with van der Waals surface area (Å²) < 4.78 is 37.5. The van der Waals surface area contributed by atoms with Crippen molar-refractivity contribution in [3.8, 4) is 0 Å². The molecule has 5 nitrogen and oxygen atoms in total. The zero-order chi connectivity index (χ0) is 15.8. The van der Waals surface area contributed by atoms with Crippen LogP contribution in [0.15, 0.2) is 23.1 Å². The lowest BCUT2D eigenvalue weighted by Crippen LogP contribution is -2.42. The van der Waals surface area contributed by atoms with Crippen molar-refractivity contribution in [2.75, 3.05) is 12.3 Å². The first kappa shape index (κ1) is 15.9. The Kier molecular flexibility index (Phi) is 4.08. The van der Waals surface area contributed by atoms with Crippen LogP contribution in [0.25, 0.3) is 0 Å². The molecule has 2 rings (SSSR count). The van der Waals surface area contributed by atoms with Gasteiger partial charge in [0.05, 0.1) is 16.1 Å². The van der Waals surface area contributed by atoms with Crippen molar-refractivity contribution in [3.63, 3.8) is 0 Å². The van der Waals surface area contributed by atoms with Crippen LogP contribution in [-0.4, -0.2) is 26.6 Å². The van der Waals surface area contributed by atoms with E-state index in [1.165, 1.54) is 12.1 Å². The summed E-state index contributed by atoms with van der Waals surface area (Å²) in [5.41, 5.74) is 4.97. The monoisotopic (exact) mass is 314 g/mol. The number of benzene rings is 1. The Labute approximate surface area is 123 Å². The van der Waals surface area contributed by atoms with Gasteiger partial charge >= 0.3 is 0 Å². The van der Waals surface area contributed by atoms with Gasteiger partial charge in [0, 0.05) is 12.6 Å². The van der Waals surface area contributed by atoms with E-state index in [1.807, 2.05) is 0 Å². The van der Waals surface area contributed by atoms with Gasteiger partial charge in [0.25, 0.3) is 0 Å². The molecule has 21 heavy (non-hydrogen) atoms. The fourth-order valence-electron chi connectivity index (χ4n) is 2.29. The SMILES string of the molecule is CC(C)(CNC1CCS(=O)(=O)c2ccc(F)cc21)C(N)=O. The minimum Gasteiger partial charge on any atom is -0.369 e. The Hall–Kier alpha value is -1.47. The summed E-state index contributed by atoms with van der Waals surface area (Å²) in [7, 11) is -3.36. The summed E-state index contributed by atoms with van der Waals surface area (Å²) in [6.45, 7) is 3.70. The van der Waals surface area contributed by atoms with E-state index in [-0.39, 0.29) is 16.7 Å². The van der Waals surface area contributed by atoms with Crippen molar-refractivity contribution in [1.82, 2.24) is 5.32 Å². The van der Waals surface area contributed by atoms with Gasteiger partial charge in [-0.25, -0.2) is 12.8 Å². The first-order chi connectivity index (χ1) is 9.63. The molecule has 0 saturated heterocycles. The molecule has 1 aliphatic heterocycles. The average Bonchev–Trinajstić information content (AvgIpc) is 2.37. The minimum absolute atomic E-state index is 0.000297. The molecular formula is C14H19FN2O3S. The van der Waals surface area contributed by atoms with Crippen molar-refractivity contribution >= 4 is 15.7 Å². The summed E-state index contributed by atoms with van der Waals surface area (Å²) >= 11 is 0. The number of rotatable bonds is 4. The second-order valence-corrected chi connectivity index (χ2v) is 8.05. The predicted molar refractivity (Wildman–Crippen MR) is 76.8 cm³/mol. The second-order valence-electron chi connectivity index (χ2n) is 5.97. The predicted octanol–water partition coefficient (Wildman–Crippen LogP) is 1.15. The lowest BCUT2D eigenvalue weighted by Gasteiger charge is -2.30. The Morgan fingerprint density at radius 2 is 2.14 bits per heavy atom. The highest BCUT2D eigenvalue weighted by Crippen LogP contribution is 2.33. The molecule has 0 saturated carbocycles. The number of amides is 1. The van der Waals surface area contributed by atoms with Gasteiger partial charge in [0.2, 0.25) is 5.91 Å². The van der Waals surface area contributed by atoms with E-state index < -0.39 is 27.0 Å². The molecule has 1 heterocycles. The maximum atomic E-state index is 13.4. The van der Waals surface area contributed by atoms with Gasteiger partial charge in [0.15, 0.2) is 9.84 Å². The number of hydrogen-bond donors (Lipinski definition) is 2. The molecule has 3 N–H and O–H groups in total. The van der Waals surface area contributed by atoms with Crippen LogP contribution >= 0.6 is 0 Å². The quantitative estimate of drug-likeness (QED) is 0.816. The topological polar surface area (TPSA) is 89.3 Å². The molecule has 116 valence electrons. The van der Waals surface area contributed by atoms with Crippen LogP contribution < -0.4 is 11.1 Å². The minimum atomic E-state index is -3.36. The molecule has 7 heteroatoms. The molecule has 0 fully saturated rings. The highest BCUT2D eigenvalue weighted by molar-refractivity contribution is 7.91. The number of carbonyl (C=O) groups is 1. The average molecular weight is 314 g/mol. The number of halogens is 1. The van der Waals surface area contributed by atoms with E-state index in [4.69, 9.17) is 5.73 Å². The third-order valence-electron chi connectivity index (χ3n) is 3.81. The molecule has 1 amide bonds. The Morgan fingerprint density at radius 1 is 1.48 bits per heavy atom. The van der Waals surface area contributed by atoms with Gasteiger partial charge in [-0.1, -0.05) is 0 Å². The van der Waals surface area contributed by atoms with Crippen molar-refractivity contribution in [3.05, 3.63) is 29.6 Å². The van der Waals surface area contributed by atoms with Gasteiger partial charge in [-0.2, -0.15) is 0 Å². The molecule has 0 aliphatic carbocycles. The van der Waals surface area contributed by atoms with E-state index >= 15 is 0 Å². The summed E-state index contributed by atoms with van der Waals surface area (Å²) in [5.74, 6) is -0.926. The normalized spacial score (nSPS) is 20.8. The van der Waals surface area contributed by atoms with Crippen molar-refractivity contribution < 1.29 is 17.6 Å². The molecule has 0 spiro atoms. The molecule has 1 aromatic rings. The van der Waals surface area contributed by atoms with Crippen LogP contribution in [0.3, 0.4) is 0 Å². The number of carbonyl (C=O) groups excluding carboxylic acids is 1. The maximum Gasteiger partial charge on any atom is 0.224 e. The van der Waals surface area contributed by atoms with Gasteiger partial charge < -0.3 is 11.1 Å². The van der Waals surface area contributed by atoms with Crippen molar-refractivity contribution in [2.45, 2.75) is 31.2 Å². The summed E-state index contributed by atoms with van der Waals surface area (Å²) in [5, 5.41) is 3.13. The zero-order valence-corrected chi connectivity index (χ0v) is 12.8. The molecule has 1 unspecified atom stereocenters. The van der Waals surface area contributed by atoms with Crippen LogP contribution in [-0.2, 0) is 14.6 Å². The van der Waals surface area contributed by atoms with Crippen LogP contribution in [0.4, 0.5) is 4.39 Å². The second kappa shape index (κ2) is 5.38. The van der Waals surface area contributed by atoms with Crippen LogP contribution in [0.1, 0.15) is 31.9 Å². The van der Waals surface area contributed by atoms with Crippen molar-refractivity contribution in [1.29, 1.82) is 0 Å². The summed E-state index contributed by atoms with van der Waals surface area (Å²) in [6, 6.07) is 3.37. The molecule has 0 radical (unpaired) electrons. The Bertz CT molecular complexity index is 671. The largest absolute Gasteiger partial charge is 0.369 e. The first-order valence-electron chi connectivity index (χ1n) is 6.69. The number of sulfone groups is 1. The maximum absolute atomic E-state index is 13.4. The van der Waals surface area contributed by atoms with E-state index in [1.54, 1.807) is 13.8 Å². The van der Waals surface area contributed by atoms with Crippen LogP contribution in [0, 0.1) is 11.2 Å². The van der Waals surface area contributed by atoms with Crippen LogP contribution in [0.2, 0.25) is 0 Å². The van der Waals surface area contributed by atoms with E-state index in [2.05, 4.69) is 5.32 Å². The Balaban J connectivity index is 2.28. The van der Waals surface area contributed by atoms with Gasteiger partial charge in [0.1, 0.15) is 5.82 Å². The van der Waals surface area contributed by atoms with E-state index in [0.29, 0.717) is 18.5 Å². The number of hydrogen-bond acceptors (Lipinski definition) is 4. The fourth-order valence-corrected chi connectivity index (χ4v) is 3.89. The van der Waals surface area contributed by atoms with E-state index in [9.17, 15) is 17.6 Å². The molecule has 1 atom stereocenters. The number of fused-ring (bicyclic) bond motifs is 1.